The zero-order valence-corrected chi connectivity index (χ0v) is 28.2. The van der Waals surface area contributed by atoms with Crippen LogP contribution in [0, 0.1) is 11.3 Å². The van der Waals surface area contributed by atoms with Gasteiger partial charge in [0.25, 0.3) is 11.8 Å². The van der Waals surface area contributed by atoms with E-state index >= 15 is 0 Å². The summed E-state index contributed by atoms with van der Waals surface area (Å²) in [5, 5.41) is 2.91. The molecule has 6 rings (SSSR count). The van der Waals surface area contributed by atoms with Gasteiger partial charge in [-0.25, -0.2) is 22.2 Å². The van der Waals surface area contributed by atoms with E-state index in [2.05, 4.69) is 19.9 Å². The van der Waals surface area contributed by atoms with E-state index in [0.29, 0.717) is 41.3 Å². The standard InChI is InChI=1S/C33H44F2N6O6S/c1-21(2)27(36)31(43)47-17-18-48(44,45)39-23-3-4-24(25(20-23)40-12-8-32(6-7-32)9-13-40)30(42)38-26-19-22-5-16-46-28(22)29(37-26)41-14-10-33(34,35)11-15-41/h3-4,19-21,27,39H,5-18,36H2,1-2H3,(H,37,38,42). The van der Waals surface area contributed by atoms with Gasteiger partial charge in [0, 0.05) is 51.0 Å². The number of piperidine rings is 2. The van der Waals surface area contributed by atoms with Crippen molar-refractivity contribution >= 4 is 44.9 Å². The van der Waals surface area contributed by atoms with Crippen LogP contribution in [0.2, 0.25) is 0 Å². The van der Waals surface area contributed by atoms with Crippen LogP contribution in [0.4, 0.5) is 31.8 Å². The summed E-state index contributed by atoms with van der Waals surface area (Å²) in [6.07, 6.45) is 4.41. The van der Waals surface area contributed by atoms with Crippen molar-refractivity contribution < 1.29 is 36.3 Å². The van der Waals surface area contributed by atoms with Gasteiger partial charge in [-0.05, 0) is 61.3 Å². The van der Waals surface area contributed by atoms with Crippen LogP contribution in [0.1, 0.15) is 68.3 Å². The number of nitrogens with two attached hydrogens (primary N) is 1. The van der Waals surface area contributed by atoms with Crippen molar-refractivity contribution in [3.05, 3.63) is 35.4 Å². The molecular formula is C33H44F2N6O6S. The zero-order chi connectivity index (χ0) is 34.3. The van der Waals surface area contributed by atoms with Gasteiger partial charge in [-0.15, -0.1) is 0 Å². The number of carbonyl (C=O) groups is 2. The predicted octanol–water partition coefficient (Wildman–Crippen LogP) is 4.15. The Hall–Kier alpha value is -3.72. The van der Waals surface area contributed by atoms with E-state index in [0.717, 1.165) is 31.5 Å². The number of hydrogen-bond donors (Lipinski definition) is 3. The number of halogens is 2. The highest BCUT2D eigenvalue weighted by atomic mass is 32.2. The summed E-state index contributed by atoms with van der Waals surface area (Å²) >= 11 is 0. The Morgan fingerprint density at radius 1 is 1.04 bits per heavy atom. The Bertz CT molecular complexity index is 1650. The second kappa shape index (κ2) is 13.3. The molecule has 12 nitrogen and oxygen atoms in total. The number of benzene rings is 1. The number of amides is 1. The van der Waals surface area contributed by atoms with Crippen molar-refractivity contribution in [3.63, 3.8) is 0 Å². The highest BCUT2D eigenvalue weighted by Gasteiger charge is 2.45. The smallest absolute Gasteiger partial charge is 0.323 e. The monoisotopic (exact) mass is 690 g/mol. The first kappa shape index (κ1) is 34.2. The lowest BCUT2D eigenvalue weighted by atomic mass is 9.93. The summed E-state index contributed by atoms with van der Waals surface area (Å²) in [6.45, 7) is 5.33. The molecular weight excluding hydrogens is 646 g/mol. The Balaban J connectivity index is 1.20. The first-order valence-corrected chi connectivity index (χ1v) is 18.3. The van der Waals surface area contributed by atoms with Gasteiger partial charge in [0.1, 0.15) is 24.2 Å². The maximum atomic E-state index is 13.9. The SMILES string of the molecule is CC(C)C(N)C(=O)OCCS(=O)(=O)Nc1ccc(C(=O)Nc2cc3c(c(N4CCC(F)(F)CC4)n2)OCC3)c(N2CCC3(CC2)CC3)c1. The van der Waals surface area contributed by atoms with Crippen LogP contribution >= 0.6 is 0 Å². The molecule has 1 unspecified atom stereocenters. The van der Waals surface area contributed by atoms with Crippen LogP contribution in [0.25, 0.3) is 0 Å². The third-order valence-corrected chi connectivity index (χ3v) is 11.2. The van der Waals surface area contributed by atoms with E-state index in [1.807, 2.05) is 0 Å². The maximum Gasteiger partial charge on any atom is 0.323 e. The molecule has 4 N–H and O–H groups in total. The normalized spacial score (nSPS) is 20.2. The predicted molar refractivity (Wildman–Crippen MR) is 179 cm³/mol. The van der Waals surface area contributed by atoms with Crippen LogP contribution in [0.15, 0.2) is 24.3 Å². The van der Waals surface area contributed by atoms with Crippen molar-refractivity contribution in [1.29, 1.82) is 0 Å². The summed E-state index contributed by atoms with van der Waals surface area (Å²) < 4.78 is 67.1. The number of nitrogens with zero attached hydrogens (tertiary/aromatic N) is 3. The second-order valence-electron chi connectivity index (χ2n) is 13.8. The number of ether oxygens (including phenoxy) is 2. The third kappa shape index (κ3) is 7.77. The molecule has 2 saturated heterocycles. The molecule has 1 aromatic heterocycles. The van der Waals surface area contributed by atoms with E-state index in [9.17, 15) is 26.8 Å². The summed E-state index contributed by atoms with van der Waals surface area (Å²) in [7, 11) is -3.90. The molecule has 1 atom stereocenters. The maximum absolute atomic E-state index is 13.9. The Kier molecular flexibility index (Phi) is 9.46. The van der Waals surface area contributed by atoms with E-state index in [1.165, 1.54) is 18.9 Å². The van der Waals surface area contributed by atoms with Crippen molar-refractivity contribution in [3.8, 4) is 5.75 Å². The van der Waals surface area contributed by atoms with Crippen LogP contribution in [-0.4, -0.2) is 82.4 Å². The Labute approximate surface area is 279 Å². The molecule has 1 aromatic carbocycles. The van der Waals surface area contributed by atoms with Crippen molar-refractivity contribution in [2.75, 3.05) is 65.0 Å². The third-order valence-electron chi connectivity index (χ3n) is 9.91. The van der Waals surface area contributed by atoms with Gasteiger partial charge in [0.2, 0.25) is 10.0 Å². The van der Waals surface area contributed by atoms with Gasteiger partial charge in [0.15, 0.2) is 11.6 Å². The average molecular weight is 691 g/mol. The molecule has 0 bridgehead atoms. The number of alkyl halides is 2. The molecule has 1 aliphatic carbocycles. The van der Waals surface area contributed by atoms with Crippen molar-refractivity contribution in [2.24, 2.45) is 17.1 Å². The van der Waals surface area contributed by atoms with Crippen LogP contribution < -0.4 is 30.3 Å². The molecule has 15 heteroatoms. The van der Waals surface area contributed by atoms with Gasteiger partial charge in [-0.1, -0.05) is 13.8 Å². The summed E-state index contributed by atoms with van der Waals surface area (Å²) in [4.78, 5) is 34.5. The minimum Gasteiger partial charge on any atom is -0.489 e. The van der Waals surface area contributed by atoms with Crippen LogP contribution in [0.5, 0.6) is 5.75 Å². The molecule has 3 aliphatic heterocycles. The van der Waals surface area contributed by atoms with E-state index in [4.69, 9.17) is 15.2 Å². The first-order chi connectivity index (χ1) is 22.7. The molecule has 4 heterocycles. The lowest BCUT2D eigenvalue weighted by Gasteiger charge is -2.35. The number of carbonyl (C=O) groups excluding carboxylic acids is 2. The highest BCUT2D eigenvalue weighted by molar-refractivity contribution is 7.92. The Morgan fingerprint density at radius 2 is 1.73 bits per heavy atom. The van der Waals surface area contributed by atoms with Crippen molar-refractivity contribution in [1.82, 2.24) is 4.98 Å². The Morgan fingerprint density at radius 3 is 2.40 bits per heavy atom. The minimum absolute atomic E-state index is 0.124. The molecule has 1 spiro atoms. The highest BCUT2D eigenvalue weighted by Crippen LogP contribution is 2.54. The van der Waals surface area contributed by atoms with Gasteiger partial charge in [0.05, 0.1) is 23.5 Å². The van der Waals surface area contributed by atoms with E-state index in [-0.39, 0.29) is 50.0 Å². The number of fused-ring (bicyclic) bond motifs is 1. The molecule has 1 saturated carbocycles. The number of aromatic nitrogens is 1. The number of rotatable bonds is 11. The number of nitrogens with one attached hydrogen (secondary N) is 2. The zero-order valence-electron chi connectivity index (χ0n) is 27.4. The fraction of sp³-hybridized carbons (Fsp3) is 0.606. The lowest BCUT2D eigenvalue weighted by molar-refractivity contribution is -0.145. The largest absolute Gasteiger partial charge is 0.489 e. The summed E-state index contributed by atoms with van der Waals surface area (Å²) in [6, 6.07) is 5.66. The van der Waals surface area contributed by atoms with E-state index in [1.54, 1.807) is 36.9 Å². The molecule has 4 aliphatic rings. The number of anilines is 4. The fourth-order valence-corrected chi connectivity index (χ4v) is 7.37. The molecule has 262 valence electrons. The second-order valence-corrected chi connectivity index (χ2v) is 15.6. The fourth-order valence-electron chi connectivity index (χ4n) is 6.48. The van der Waals surface area contributed by atoms with Crippen molar-refractivity contribution in [2.45, 2.75) is 70.8 Å². The molecule has 48 heavy (non-hydrogen) atoms. The van der Waals surface area contributed by atoms with Gasteiger partial charge < -0.3 is 30.3 Å². The molecule has 1 amide bonds. The minimum atomic E-state index is -3.90. The first-order valence-electron chi connectivity index (χ1n) is 16.7. The molecule has 0 radical (unpaired) electrons. The average Bonchev–Trinajstić information content (AvgIpc) is 3.61. The number of sulfonamides is 1. The van der Waals surface area contributed by atoms with Crippen LogP contribution in [0.3, 0.4) is 0 Å². The quantitative estimate of drug-likeness (QED) is 0.293. The summed E-state index contributed by atoms with van der Waals surface area (Å²) in [5.74, 6) is -3.11. The van der Waals surface area contributed by atoms with Gasteiger partial charge in [-0.3, -0.25) is 14.3 Å². The van der Waals surface area contributed by atoms with E-state index < -0.39 is 39.6 Å². The van der Waals surface area contributed by atoms with Gasteiger partial charge >= 0.3 is 5.97 Å². The summed E-state index contributed by atoms with van der Waals surface area (Å²) in [5.41, 5.74) is 8.21. The topological polar surface area (TPSA) is 156 Å². The molecule has 3 fully saturated rings. The van der Waals surface area contributed by atoms with Gasteiger partial charge in [-0.2, -0.15) is 0 Å². The lowest BCUT2D eigenvalue weighted by Crippen LogP contribution is -2.40. The number of hydrogen-bond acceptors (Lipinski definition) is 10. The molecule has 2 aromatic rings. The van der Waals surface area contributed by atoms with Crippen LogP contribution in [-0.2, 0) is 26.0 Å². The number of esters is 1. The number of pyridine rings is 1.